The van der Waals surface area contributed by atoms with Crippen LogP contribution in [0.3, 0.4) is 0 Å². The molecule has 0 bridgehead atoms. The summed E-state index contributed by atoms with van der Waals surface area (Å²) in [5.74, 6) is 0.682. The summed E-state index contributed by atoms with van der Waals surface area (Å²) in [6.07, 6.45) is 0. The van der Waals surface area contributed by atoms with Gasteiger partial charge in [-0.15, -0.1) is 0 Å². The van der Waals surface area contributed by atoms with Gasteiger partial charge >= 0.3 is 0 Å². The van der Waals surface area contributed by atoms with E-state index in [4.69, 9.17) is 28.6 Å². The summed E-state index contributed by atoms with van der Waals surface area (Å²) in [6, 6.07) is 11.3. The van der Waals surface area contributed by atoms with Gasteiger partial charge in [0.2, 0.25) is 0 Å². The average molecular weight is 338 g/mol. The Morgan fingerprint density at radius 3 is 2.73 bits per heavy atom. The molecule has 0 aliphatic rings. The predicted octanol–water partition coefficient (Wildman–Crippen LogP) is 4.07. The molecule has 0 aliphatic carbocycles. The van der Waals surface area contributed by atoms with E-state index in [2.05, 4.69) is 10.6 Å². The summed E-state index contributed by atoms with van der Waals surface area (Å²) < 4.78 is 5.12. The molecule has 2 aromatic carbocycles. The van der Waals surface area contributed by atoms with E-state index in [0.717, 1.165) is 5.69 Å². The van der Waals surface area contributed by atoms with E-state index in [1.165, 1.54) is 18.2 Å². The number of rotatable bonds is 4. The van der Waals surface area contributed by atoms with Crippen molar-refractivity contribution in [2.75, 3.05) is 17.7 Å². The Kier molecular flexibility index (Phi) is 5.13. The second kappa shape index (κ2) is 7.06. The zero-order valence-electron chi connectivity index (χ0n) is 11.5. The SMILES string of the molecule is COc1cccc(NC(=S)Nc2cc([N+](=O)[O-])ccc2Cl)c1. The minimum absolute atomic E-state index is 0.0731. The fourth-order valence-corrected chi connectivity index (χ4v) is 2.10. The molecule has 114 valence electrons. The van der Waals surface area contributed by atoms with Crippen molar-refractivity contribution >= 4 is 46.0 Å². The molecule has 0 radical (unpaired) electrons. The summed E-state index contributed by atoms with van der Waals surface area (Å²) >= 11 is 11.2. The first-order valence-corrected chi connectivity index (χ1v) is 6.94. The van der Waals surface area contributed by atoms with Crippen LogP contribution in [0.2, 0.25) is 5.02 Å². The van der Waals surface area contributed by atoms with Gasteiger partial charge in [0.05, 0.1) is 22.7 Å². The highest BCUT2D eigenvalue weighted by Gasteiger charge is 2.11. The third kappa shape index (κ3) is 4.06. The van der Waals surface area contributed by atoms with Crippen molar-refractivity contribution in [2.24, 2.45) is 0 Å². The summed E-state index contributed by atoms with van der Waals surface area (Å²) in [5.41, 5.74) is 1.01. The van der Waals surface area contributed by atoms with Crippen molar-refractivity contribution in [2.45, 2.75) is 0 Å². The van der Waals surface area contributed by atoms with Crippen LogP contribution in [-0.2, 0) is 0 Å². The van der Waals surface area contributed by atoms with Gasteiger partial charge in [0.15, 0.2) is 5.11 Å². The van der Waals surface area contributed by atoms with E-state index in [1.54, 1.807) is 19.2 Å². The highest BCUT2D eigenvalue weighted by Crippen LogP contribution is 2.27. The maximum atomic E-state index is 10.8. The molecule has 0 unspecified atom stereocenters. The smallest absolute Gasteiger partial charge is 0.271 e. The Morgan fingerprint density at radius 2 is 2.05 bits per heavy atom. The number of nitrogens with zero attached hydrogens (tertiary/aromatic N) is 1. The van der Waals surface area contributed by atoms with Gasteiger partial charge in [0, 0.05) is 23.9 Å². The molecule has 0 aliphatic heterocycles. The number of nitro groups is 1. The summed E-state index contributed by atoms with van der Waals surface area (Å²) in [4.78, 5) is 10.3. The predicted molar refractivity (Wildman–Crippen MR) is 90.9 cm³/mol. The molecule has 6 nitrogen and oxygen atoms in total. The first kappa shape index (κ1) is 16.0. The van der Waals surface area contributed by atoms with Crippen molar-refractivity contribution in [3.8, 4) is 5.75 Å². The Labute approximate surface area is 137 Å². The molecule has 0 saturated heterocycles. The third-order valence-electron chi connectivity index (χ3n) is 2.74. The van der Waals surface area contributed by atoms with Crippen LogP contribution in [0.25, 0.3) is 0 Å². The highest BCUT2D eigenvalue weighted by molar-refractivity contribution is 7.80. The van der Waals surface area contributed by atoms with Crippen LogP contribution in [0.5, 0.6) is 5.75 Å². The van der Waals surface area contributed by atoms with E-state index in [0.29, 0.717) is 16.5 Å². The zero-order valence-corrected chi connectivity index (χ0v) is 13.1. The molecule has 22 heavy (non-hydrogen) atoms. The Balaban J connectivity index is 2.11. The molecule has 0 fully saturated rings. The van der Waals surface area contributed by atoms with E-state index < -0.39 is 4.92 Å². The molecule has 2 N–H and O–H groups in total. The maximum absolute atomic E-state index is 10.8. The molecule has 8 heteroatoms. The molecule has 0 heterocycles. The molecular weight excluding hydrogens is 326 g/mol. The van der Waals surface area contributed by atoms with Crippen LogP contribution in [0.1, 0.15) is 0 Å². The van der Waals surface area contributed by atoms with Crippen LogP contribution < -0.4 is 15.4 Å². The molecule has 2 aromatic rings. The number of nitro benzene ring substituents is 1. The van der Waals surface area contributed by atoms with Crippen LogP contribution in [0.15, 0.2) is 42.5 Å². The quantitative estimate of drug-likeness (QED) is 0.497. The van der Waals surface area contributed by atoms with Crippen molar-refractivity contribution in [1.82, 2.24) is 0 Å². The number of methoxy groups -OCH3 is 1. The lowest BCUT2D eigenvalue weighted by molar-refractivity contribution is -0.384. The lowest BCUT2D eigenvalue weighted by Gasteiger charge is -2.12. The number of halogens is 1. The third-order valence-corrected chi connectivity index (χ3v) is 3.27. The lowest BCUT2D eigenvalue weighted by atomic mass is 10.3. The van der Waals surface area contributed by atoms with Crippen molar-refractivity contribution in [3.63, 3.8) is 0 Å². The van der Waals surface area contributed by atoms with Crippen LogP contribution in [-0.4, -0.2) is 17.1 Å². The van der Waals surface area contributed by atoms with Crippen molar-refractivity contribution in [3.05, 3.63) is 57.6 Å². The van der Waals surface area contributed by atoms with Gasteiger partial charge in [-0.2, -0.15) is 0 Å². The topological polar surface area (TPSA) is 76.4 Å². The van der Waals surface area contributed by atoms with Crippen LogP contribution in [0, 0.1) is 10.1 Å². The number of anilines is 2. The monoisotopic (exact) mass is 337 g/mol. The highest BCUT2D eigenvalue weighted by atomic mass is 35.5. The molecular formula is C14H12ClN3O3S. The normalized spacial score (nSPS) is 9.91. The Bertz CT molecular complexity index is 724. The number of hydrogen-bond donors (Lipinski definition) is 2. The number of hydrogen-bond acceptors (Lipinski definition) is 4. The van der Waals surface area contributed by atoms with Crippen LogP contribution >= 0.6 is 23.8 Å². The van der Waals surface area contributed by atoms with Gasteiger partial charge in [-0.1, -0.05) is 17.7 Å². The first-order chi connectivity index (χ1) is 10.5. The maximum Gasteiger partial charge on any atom is 0.271 e. The molecule has 0 aromatic heterocycles. The molecule has 0 spiro atoms. The Hall–Kier alpha value is -2.38. The van der Waals surface area contributed by atoms with E-state index >= 15 is 0 Å². The van der Waals surface area contributed by atoms with Crippen LogP contribution in [0.4, 0.5) is 17.1 Å². The largest absolute Gasteiger partial charge is 0.497 e. The minimum Gasteiger partial charge on any atom is -0.497 e. The fourth-order valence-electron chi connectivity index (χ4n) is 1.71. The zero-order chi connectivity index (χ0) is 16.1. The van der Waals surface area contributed by atoms with Gasteiger partial charge in [-0.3, -0.25) is 10.1 Å². The number of benzene rings is 2. The molecule has 0 atom stereocenters. The fraction of sp³-hybridized carbons (Fsp3) is 0.0714. The summed E-state index contributed by atoms with van der Waals surface area (Å²) in [6.45, 7) is 0. The number of nitrogens with one attached hydrogen (secondary N) is 2. The second-order valence-electron chi connectivity index (χ2n) is 4.23. The van der Waals surface area contributed by atoms with E-state index in [-0.39, 0.29) is 10.8 Å². The standard InChI is InChI=1S/C14H12ClN3O3S/c1-21-11-4-2-3-9(7-11)16-14(22)17-13-8-10(18(19)20)5-6-12(13)15/h2-8H,1H3,(H2,16,17,22). The average Bonchev–Trinajstić information content (AvgIpc) is 2.49. The van der Waals surface area contributed by atoms with Gasteiger partial charge in [0.25, 0.3) is 5.69 Å². The number of ether oxygens (including phenoxy) is 1. The van der Waals surface area contributed by atoms with E-state index in [1.807, 2.05) is 12.1 Å². The molecule has 2 rings (SSSR count). The molecule has 0 amide bonds. The van der Waals surface area contributed by atoms with Gasteiger partial charge in [-0.05, 0) is 30.4 Å². The number of non-ortho nitro benzene ring substituents is 1. The van der Waals surface area contributed by atoms with Crippen molar-refractivity contribution in [1.29, 1.82) is 0 Å². The van der Waals surface area contributed by atoms with Gasteiger partial charge in [-0.25, -0.2) is 0 Å². The second-order valence-corrected chi connectivity index (χ2v) is 5.05. The van der Waals surface area contributed by atoms with Gasteiger partial charge < -0.3 is 15.4 Å². The van der Waals surface area contributed by atoms with E-state index in [9.17, 15) is 10.1 Å². The number of thiocarbonyl (C=S) groups is 1. The first-order valence-electron chi connectivity index (χ1n) is 6.15. The Morgan fingerprint density at radius 1 is 1.27 bits per heavy atom. The lowest BCUT2D eigenvalue weighted by Crippen LogP contribution is -2.19. The summed E-state index contributed by atoms with van der Waals surface area (Å²) in [7, 11) is 1.57. The molecule has 0 saturated carbocycles. The van der Waals surface area contributed by atoms with Crippen molar-refractivity contribution < 1.29 is 9.66 Å². The summed E-state index contributed by atoms with van der Waals surface area (Å²) in [5, 5.41) is 17.2. The minimum atomic E-state index is -0.500. The van der Waals surface area contributed by atoms with Gasteiger partial charge in [0.1, 0.15) is 5.75 Å².